The maximum atomic E-state index is 10.9. The van der Waals surface area contributed by atoms with Crippen LogP contribution in [0.1, 0.15) is 12.8 Å². The molecule has 1 aliphatic rings. The Balaban J connectivity index is 2.73. The number of amides is 1. The van der Waals surface area contributed by atoms with E-state index < -0.39 is 18.9 Å². The van der Waals surface area contributed by atoms with Crippen LogP contribution in [0, 0.1) is 5.92 Å². The molecule has 70 valence electrons. The van der Waals surface area contributed by atoms with E-state index in [0.717, 1.165) is 0 Å². The predicted molar refractivity (Wildman–Crippen MR) is 49.3 cm³/mol. The van der Waals surface area contributed by atoms with Crippen molar-refractivity contribution in [2.24, 2.45) is 11.7 Å². The fraction of sp³-hybridized carbons (Fsp3) is 0.375. The molecule has 1 rings (SSSR count). The Bertz CT molecular complexity index is 260. The molecule has 1 amide bonds. The minimum absolute atomic E-state index is 0.295. The molecule has 1 atom stereocenters. The first-order chi connectivity index (χ1) is 6.11. The molecule has 0 saturated carbocycles. The fourth-order valence-electron chi connectivity index (χ4n) is 1.27. The molecule has 0 aromatic rings. The van der Waals surface area contributed by atoms with Gasteiger partial charge < -0.3 is 15.8 Å². The van der Waals surface area contributed by atoms with Crippen molar-refractivity contribution in [3.05, 3.63) is 23.7 Å². The molecular weight excluding hydrogens is 169 g/mol. The number of primary amides is 1. The summed E-state index contributed by atoms with van der Waals surface area (Å²) >= 11 is 0. The summed E-state index contributed by atoms with van der Waals surface area (Å²) in [6, 6.07) is 0. The molecule has 0 radical (unpaired) electrons. The molecule has 4 N–H and O–H groups in total. The number of rotatable bonds is 2. The van der Waals surface area contributed by atoms with E-state index in [4.69, 9.17) is 15.8 Å². The molecule has 13 heavy (non-hydrogen) atoms. The third kappa shape index (κ3) is 2.71. The first-order valence-electron chi connectivity index (χ1n) is 4.12. The van der Waals surface area contributed by atoms with Gasteiger partial charge in [-0.1, -0.05) is 18.2 Å². The summed E-state index contributed by atoms with van der Waals surface area (Å²) < 4.78 is 0. The van der Waals surface area contributed by atoms with Crippen molar-refractivity contribution in [3.63, 3.8) is 0 Å². The van der Waals surface area contributed by atoms with Gasteiger partial charge in [0.1, 0.15) is 0 Å². The second-order valence-electron chi connectivity index (χ2n) is 3.03. The van der Waals surface area contributed by atoms with Crippen molar-refractivity contribution < 1.29 is 14.8 Å². The molecule has 0 aliphatic heterocycles. The molecule has 0 bridgehead atoms. The van der Waals surface area contributed by atoms with Crippen LogP contribution in [0.15, 0.2) is 23.7 Å². The number of nitrogens with two attached hydrogens (primary N) is 1. The summed E-state index contributed by atoms with van der Waals surface area (Å²) in [5.74, 6) is -0.861. The second kappa shape index (κ2) is 4.25. The van der Waals surface area contributed by atoms with Gasteiger partial charge in [-0.15, -0.1) is 0 Å². The topological polar surface area (TPSA) is 83.6 Å². The molecule has 0 heterocycles. The van der Waals surface area contributed by atoms with Gasteiger partial charge in [-0.25, -0.2) is 0 Å². The largest absolute Gasteiger partial charge is 0.483 e. The number of carbonyl (C=O) groups excluding carboxylic acids is 1. The van der Waals surface area contributed by atoms with Gasteiger partial charge >= 0.3 is 7.12 Å². The third-order valence-electron chi connectivity index (χ3n) is 2.04. The minimum Gasteiger partial charge on any atom is -0.423 e. The van der Waals surface area contributed by atoms with Crippen molar-refractivity contribution in [3.8, 4) is 0 Å². The standard InChI is InChI=1S/C8H12BNO3/c10-8(11)6-3-1-2-4-7(5-6)9(12)13/h1,3-4,6,12-13H,2,5H2,(H2,10,11). The summed E-state index contributed by atoms with van der Waals surface area (Å²) in [4.78, 5) is 10.9. The van der Waals surface area contributed by atoms with Crippen molar-refractivity contribution in [2.45, 2.75) is 12.8 Å². The van der Waals surface area contributed by atoms with E-state index >= 15 is 0 Å². The van der Waals surface area contributed by atoms with E-state index in [1.54, 1.807) is 18.2 Å². The van der Waals surface area contributed by atoms with Crippen LogP contribution in [0.5, 0.6) is 0 Å². The first kappa shape index (κ1) is 10.0. The van der Waals surface area contributed by atoms with Crippen LogP contribution >= 0.6 is 0 Å². The fourth-order valence-corrected chi connectivity index (χ4v) is 1.27. The van der Waals surface area contributed by atoms with E-state index in [9.17, 15) is 4.79 Å². The first-order valence-corrected chi connectivity index (χ1v) is 4.12. The summed E-state index contributed by atoms with van der Waals surface area (Å²) in [5.41, 5.74) is 5.57. The molecule has 0 spiro atoms. The molecule has 5 heteroatoms. The van der Waals surface area contributed by atoms with E-state index in [1.807, 2.05) is 0 Å². The lowest BCUT2D eigenvalue weighted by Crippen LogP contribution is -2.25. The average molecular weight is 181 g/mol. The second-order valence-corrected chi connectivity index (χ2v) is 3.03. The zero-order chi connectivity index (χ0) is 9.84. The van der Waals surface area contributed by atoms with Crippen LogP contribution in [0.2, 0.25) is 0 Å². The lowest BCUT2D eigenvalue weighted by atomic mass is 9.74. The Labute approximate surface area is 76.9 Å². The van der Waals surface area contributed by atoms with E-state index in [0.29, 0.717) is 18.3 Å². The lowest BCUT2D eigenvalue weighted by molar-refractivity contribution is -0.120. The molecule has 0 aromatic carbocycles. The summed E-state index contributed by atoms with van der Waals surface area (Å²) in [6.45, 7) is 0. The van der Waals surface area contributed by atoms with Crippen molar-refractivity contribution in [2.75, 3.05) is 0 Å². The van der Waals surface area contributed by atoms with Crippen LogP contribution in [-0.4, -0.2) is 23.1 Å². The highest BCUT2D eigenvalue weighted by Gasteiger charge is 2.22. The van der Waals surface area contributed by atoms with Crippen LogP contribution in [-0.2, 0) is 4.79 Å². The van der Waals surface area contributed by atoms with E-state index in [2.05, 4.69) is 0 Å². The Morgan fingerprint density at radius 2 is 2.31 bits per heavy atom. The Morgan fingerprint density at radius 1 is 1.62 bits per heavy atom. The molecular formula is C8H12BNO3. The molecule has 0 saturated heterocycles. The van der Waals surface area contributed by atoms with Gasteiger partial charge in [0, 0.05) is 0 Å². The Morgan fingerprint density at radius 3 is 2.85 bits per heavy atom. The van der Waals surface area contributed by atoms with Gasteiger partial charge in [-0.05, 0) is 18.3 Å². The van der Waals surface area contributed by atoms with Gasteiger partial charge in [-0.2, -0.15) is 0 Å². The predicted octanol–water partition coefficient (Wildman–Crippen LogP) is -0.624. The Hall–Kier alpha value is -1.07. The van der Waals surface area contributed by atoms with Gasteiger partial charge in [-0.3, -0.25) is 4.79 Å². The van der Waals surface area contributed by atoms with Gasteiger partial charge in [0.05, 0.1) is 5.92 Å². The highest BCUT2D eigenvalue weighted by molar-refractivity contribution is 6.50. The van der Waals surface area contributed by atoms with E-state index in [-0.39, 0.29) is 0 Å². The molecule has 1 unspecified atom stereocenters. The van der Waals surface area contributed by atoms with E-state index in [1.165, 1.54) is 0 Å². The van der Waals surface area contributed by atoms with Crippen LogP contribution in [0.3, 0.4) is 0 Å². The average Bonchev–Trinajstić information content (AvgIpc) is 2.28. The maximum absolute atomic E-state index is 10.9. The lowest BCUT2D eigenvalue weighted by Gasteiger charge is -2.09. The zero-order valence-corrected chi connectivity index (χ0v) is 7.18. The third-order valence-corrected chi connectivity index (χ3v) is 2.04. The minimum atomic E-state index is -1.48. The summed E-state index contributed by atoms with van der Waals surface area (Å²) in [5, 5.41) is 17.8. The van der Waals surface area contributed by atoms with Crippen LogP contribution in [0.25, 0.3) is 0 Å². The zero-order valence-electron chi connectivity index (χ0n) is 7.18. The normalized spacial score (nSPS) is 22.0. The monoisotopic (exact) mass is 181 g/mol. The van der Waals surface area contributed by atoms with Gasteiger partial charge in [0.15, 0.2) is 0 Å². The summed E-state index contributed by atoms with van der Waals surface area (Å²) in [7, 11) is -1.48. The number of carbonyl (C=O) groups is 1. The van der Waals surface area contributed by atoms with Crippen molar-refractivity contribution >= 4 is 13.0 Å². The van der Waals surface area contributed by atoms with Crippen molar-refractivity contribution in [1.82, 2.24) is 0 Å². The molecule has 0 aromatic heterocycles. The molecule has 1 aliphatic carbocycles. The SMILES string of the molecule is NC(=O)C1C=CCC=C(B(O)O)C1. The van der Waals surface area contributed by atoms with Crippen LogP contribution in [0.4, 0.5) is 0 Å². The quantitative estimate of drug-likeness (QED) is 0.392. The number of allylic oxidation sites excluding steroid dienone is 3. The highest BCUT2D eigenvalue weighted by atomic mass is 16.4. The summed E-state index contributed by atoms with van der Waals surface area (Å²) in [6.07, 6.45) is 6.10. The van der Waals surface area contributed by atoms with Crippen molar-refractivity contribution in [1.29, 1.82) is 0 Å². The van der Waals surface area contributed by atoms with Gasteiger partial charge in [0.25, 0.3) is 0 Å². The molecule has 0 fully saturated rings. The highest BCUT2D eigenvalue weighted by Crippen LogP contribution is 2.18. The molecule has 4 nitrogen and oxygen atoms in total. The van der Waals surface area contributed by atoms with Gasteiger partial charge in [0.2, 0.25) is 5.91 Å². The number of hydrogen-bond acceptors (Lipinski definition) is 3. The van der Waals surface area contributed by atoms with Crippen LogP contribution < -0.4 is 5.73 Å². The maximum Gasteiger partial charge on any atom is 0.483 e. The smallest absolute Gasteiger partial charge is 0.423 e. The number of hydrogen-bond donors (Lipinski definition) is 3. The Kier molecular flexibility index (Phi) is 3.28.